The Labute approximate surface area is 162 Å². The lowest BCUT2D eigenvalue weighted by Crippen LogP contribution is -2.07. The predicted molar refractivity (Wildman–Crippen MR) is 95.4 cm³/mol. The fourth-order valence-corrected chi connectivity index (χ4v) is 3.10. The molecule has 0 aliphatic heterocycles. The van der Waals surface area contributed by atoms with E-state index >= 15 is 0 Å². The van der Waals surface area contributed by atoms with Gasteiger partial charge in [0, 0.05) is 23.4 Å². The van der Waals surface area contributed by atoms with Crippen LogP contribution in [0.3, 0.4) is 0 Å². The zero-order chi connectivity index (χ0) is 21.2. The Bertz CT molecular complexity index is 1040. The molecule has 0 atom stereocenters. The standard InChI is InChI=1S/C20H17F5N2O2/c21-14-7-5-12(16(22)10-14)11-27-18-9-13(20(23,24)25)6-8-15(18)17(26-27)3-1-2-4-19(28)29/h5-10H,1-4,11H2,(H,28,29). The van der Waals surface area contributed by atoms with Crippen molar-refractivity contribution in [3.05, 3.63) is 64.9 Å². The number of alkyl halides is 3. The van der Waals surface area contributed by atoms with Crippen LogP contribution in [0.25, 0.3) is 10.9 Å². The van der Waals surface area contributed by atoms with Crippen molar-refractivity contribution in [2.45, 2.75) is 38.4 Å². The van der Waals surface area contributed by atoms with Crippen molar-refractivity contribution >= 4 is 16.9 Å². The number of hydrogen-bond acceptors (Lipinski definition) is 2. The highest BCUT2D eigenvalue weighted by Gasteiger charge is 2.31. The first-order valence-electron chi connectivity index (χ1n) is 8.87. The molecule has 0 bridgehead atoms. The number of aromatic nitrogens is 2. The summed E-state index contributed by atoms with van der Waals surface area (Å²) in [6, 6.07) is 6.21. The lowest BCUT2D eigenvalue weighted by atomic mass is 10.1. The minimum atomic E-state index is -4.55. The number of aryl methyl sites for hydroxylation is 1. The number of halogens is 5. The van der Waals surface area contributed by atoms with Gasteiger partial charge in [0.25, 0.3) is 0 Å². The Kier molecular flexibility index (Phi) is 5.86. The number of hydrogen-bond donors (Lipinski definition) is 1. The third kappa shape index (κ3) is 4.90. The maximum atomic E-state index is 14.0. The fourth-order valence-electron chi connectivity index (χ4n) is 3.10. The van der Waals surface area contributed by atoms with Crippen LogP contribution in [0.4, 0.5) is 22.0 Å². The van der Waals surface area contributed by atoms with E-state index in [-0.39, 0.29) is 24.0 Å². The fraction of sp³-hybridized carbons (Fsp3) is 0.300. The lowest BCUT2D eigenvalue weighted by Gasteiger charge is -2.09. The maximum absolute atomic E-state index is 14.0. The number of nitrogens with zero attached hydrogens (tertiary/aromatic N) is 2. The molecule has 2 aromatic carbocycles. The summed E-state index contributed by atoms with van der Waals surface area (Å²) in [6.45, 7) is -0.168. The van der Waals surface area contributed by atoms with Gasteiger partial charge in [-0.15, -0.1) is 0 Å². The SMILES string of the molecule is O=C(O)CCCCc1nn(Cc2ccc(F)cc2F)c2cc(C(F)(F)F)ccc12. The van der Waals surface area contributed by atoms with Crippen molar-refractivity contribution < 1.29 is 31.9 Å². The van der Waals surface area contributed by atoms with Crippen LogP contribution in [0.15, 0.2) is 36.4 Å². The van der Waals surface area contributed by atoms with Gasteiger partial charge in [0.1, 0.15) is 11.6 Å². The van der Waals surface area contributed by atoms with Crippen LogP contribution in [0.2, 0.25) is 0 Å². The van der Waals surface area contributed by atoms with E-state index in [0.717, 1.165) is 18.2 Å². The van der Waals surface area contributed by atoms with E-state index in [0.29, 0.717) is 36.4 Å². The summed E-state index contributed by atoms with van der Waals surface area (Å²) in [7, 11) is 0. The van der Waals surface area contributed by atoms with Crippen molar-refractivity contribution in [3.8, 4) is 0 Å². The molecule has 0 amide bonds. The minimum Gasteiger partial charge on any atom is -0.481 e. The number of benzene rings is 2. The summed E-state index contributed by atoms with van der Waals surface area (Å²) in [5.74, 6) is -2.50. The summed E-state index contributed by atoms with van der Waals surface area (Å²) in [5.41, 5.74) is -0.0905. The second-order valence-electron chi connectivity index (χ2n) is 6.67. The third-order valence-electron chi connectivity index (χ3n) is 4.54. The molecule has 3 rings (SSSR count). The van der Waals surface area contributed by atoms with Gasteiger partial charge in [-0.25, -0.2) is 8.78 Å². The van der Waals surface area contributed by atoms with E-state index < -0.39 is 29.3 Å². The molecular formula is C20H17F5N2O2. The van der Waals surface area contributed by atoms with Crippen molar-refractivity contribution in [2.24, 2.45) is 0 Å². The normalized spacial score (nSPS) is 11.9. The number of aliphatic carboxylic acids is 1. The first-order chi connectivity index (χ1) is 13.6. The molecule has 4 nitrogen and oxygen atoms in total. The highest BCUT2D eigenvalue weighted by atomic mass is 19.4. The van der Waals surface area contributed by atoms with Gasteiger partial charge in [-0.3, -0.25) is 9.48 Å². The number of carboxylic acids is 1. The zero-order valence-electron chi connectivity index (χ0n) is 15.1. The molecular weight excluding hydrogens is 395 g/mol. The minimum absolute atomic E-state index is 0.0162. The molecule has 1 N–H and O–H groups in total. The van der Waals surface area contributed by atoms with Gasteiger partial charge in [-0.2, -0.15) is 18.3 Å². The Morgan fingerprint density at radius 2 is 1.83 bits per heavy atom. The van der Waals surface area contributed by atoms with Gasteiger partial charge >= 0.3 is 12.1 Å². The Morgan fingerprint density at radius 1 is 1.07 bits per heavy atom. The summed E-state index contributed by atoms with van der Waals surface area (Å²) in [6.07, 6.45) is -3.31. The van der Waals surface area contributed by atoms with Gasteiger partial charge < -0.3 is 5.11 Å². The first kappa shape index (κ1) is 20.8. The molecule has 0 aliphatic carbocycles. The van der Waals surface area contributed by atoms with E-state index in [1.54, 1.807) is 0 Å². The van der Waals surface area contributed by atoms with Gasteiger partial charge in [0.15, 0.2) is 0 Å². The van der Waals surface area contributed by atoms with Gasteiger partial charge in [0.2, 0.25) is 0 Å². The van der Waals surface area contributed by atoms with Crippen LogP contribution in [0.1, 0.15) is 36.1 Å². The van der Waals surface area contributed by atoms with Crippen LogP contribution in [-0.2, 0) is 23.9 Å². The lowest BCUT2D eigenvalue weighted by molar-refractivity contribution is -0.138. The van der Waals surface area contributed by atoms with Crippen LogP contribution < -0.4 is 0 Å². The summed E-state index contributed by atoms with van der Waals surface area (Å²) in [5, 5.41) is 13.5. The van der Waals surface area contributed by atoms with Crippen molar-refractivity contribution in [3.63, 3.8) is 0 Å². The van der Waals surface area contributed by atoms with Gasteiger partial charge in [-0.05, 0) is 37.5 Å². The molecule has 0 saturated heterocycles. The van der Waals surface area contributed by atoms with Crippen molar-refractivity contribution in [1.29, 1.82) is 0 Å². The molecule has 0 saturated carbocycles. The van der Waals surface area contributed by atoms with Crippen molar-refractivity contribution in [2.75, 3.05) is 0 Å². The van der Waals surface area contributed by atoms with Gasteiger partial charge in [0.05, 0.1) is 23.3 Å². The summed E-state index contributed by atoms with van der Waals surface area (Å²) in [4.78, 5) is 10.6. The quantitative estimate of drug-likeness (QED) is 0.430. The molecule has 0 fully saturated rings. The second kappa shape index (κ2) is 8.18. The van der Waals surface area contributed by atoms with E-state index in [9.17, 15) is 26.7 Å². The molecule has 3 aromatic rings. The molecule has 154 valence electrons. The number of carbonyl (C=O) groups is 1. The smallest absolute Gasteiger partial charge is 0.416 e. The van der Waals surface area contributed by atoms with Gasteiger partial charge in [-0.1, -0.05) is 12.1 Å². The van der Waals surface area contributed by atoms with E-state index in [1.807, 2.05) is 0 Å². The van der Waals surface area contributed by atoms with Crippen LogP contribution in [0, 0.1) is 11.6 Å². The Morgan fingerprint density at radius 3 is 2.48 bits per heavy atom. The number of rotatable bonds is 7. The number of unbranched alkanes of at least 4 members (excludes halogenated alkanes) is 1. The highest BCUT2D eigenvalue weighted by molar-refractivity contribution is 5.83. The Balaban J connectivity index is 1.98. The average Bonchev–Trinajstić information content (AvgIpc) is 2.97. The molecule has 0 spiro atoms. The Hall–Kier alpha value is -2.97. The number of carboxylic acid groups (broad SMARTS) is 1. The second-order valence-corrected chi connectivity index (χ2v) is 6.67. The van der Waals surface area contributed by atoms with E-state index in [2.05, 4.69) is 5.10 Å². The van der Waals surface area contributed by atoms with Crippen molar-refractivity contribution in [1.82, 2.24) is 9.78 Å². The maximum Gasteiger partial charge on any atom is 0.416 e. The molecule has 9 heteroatoms. The predicted octanol–water partition coefficient (Wildman–Crippen LogP) is 5.18. The molecule has 29 heavy (non-hydrogen) atoms. The van der Waals surface area contributed by atoms with E-state index in [4.69, 9.17) is 5.11 Å². The van der Waals surface area contributed by atoms with Crippen LogP contribution in [0.5, 0.6) is 0 Å². The highest BCUT2D eigenvalue weighted by Crippen LogP contribution is 2.33. The molecule has 1 heterocycles. The van der Waals surface area contributed by atoms with Crippen LogP contribution >= 0.6 is 0 Å². The van der Waals surface area contributed by atoms with E-state index in [1.165, 1.54) is 16.8 Å². The molecule has 0 unspecified atom stereocenters. The monoisotopic (exact) mass is 412 g/mol. The largest absolute Gasteiger partial charge is 0.481 e. The molecule has 0 radical (unpaired) electrons. The summed E-state index contributed by atoms with van der Waals surface area (Å²) >= 11 is 0. The van der Waals surface area contributed by atoms with Crippen LogP contribution in [-0.4, -0.2) is 20.9 Å². The molecule has 1 aromatic heterocycles. The topological polar surface area (TPSA) is 55.1 Å². The third-order valence-corrected chi connectivity index (χ3v) is 4.54. The summed E-state index contributed by atoms with van der Waals surface area (Å²) < 4.78 is 67.8. The average molecular weight is 412 g/mol. The molecule has 0 aliphatic rings. The zero-order valence-corrected chi connectivity index (χ0v) is 15.1. The number of fused-ring (bicyclic) bond motifs is 1. The first-order valence-corrected chi connectivity index (χ1v) is 8.87.